The first-order valence-corrected chi connectivity index (χ1v) is 1.83. The molecule has 0 heterocycles. The predicted molar refractivity (Wildman–Crippen MR) is 25.0 cm³/mol. The summed E-state index contributed by atoms with van der Waals surface area (Å²) < 4.78 is 4.19. The molecule has 0 amide bonds. The second-order valence-electron chi connectivity index (χ2n) is 1.24. The fourth-order valence-corrected chi connectivity index (χ4v) is 0.189. The highest BCUT2D eigenvalue weighted by molar-refractivity contribution is 6.32. The molecule has 7 heavy (non-hydrogen) atoms. The van der Waals surface area contributed by atoms with E-state index in [1.165, 1.54) is 5.06 Å². The zero-order chi connectivity index (χ0) is 5.86. The van der Waals surface area contributed by atoms with Crippen LogP contribution in [0.4, 0.5) is 0 Å². The molecule has 5 heteroatoms. The Balaban J connectivity index is 2.95. The van der Waals surface area contributed by atoms with Crippen molar-refractivity contribution >= 4 is 7.32 Å². The van der Waals surface area contributed by atoms with Gasteiger partial charge in [-0.1, -0.05) is 0 Å². The van der Waals surface area contributed by atoms with Crippen molar-refractivity contribution in [3.63, 3.8) is 0 Å². The third kappa shape index (κ3) is 5.90. The molecule has 2 N–H and O–H groups in total. The molecule has 0 aliphatic heterocycles. The van der Waals surface area contributed by atoms with E-state index in [0.717, 1.165) is 0 Å². The van der Waals surface area contributed by atoms with E-state index < -0.39 is 7.32 Å². The fourth-order valence-electron chi connectivity index (χ4n) is 0.189. The van der Waals surface area contributed by atoms with Gasteiger partial charge in [0, 0.05) is 14.1 Å². The van der Waals surface area contributed by atoms with Crippen LogP contribution in [-0.2, 0) is 4.76 Å². The van der Waals surface area contributed by atoms with E-state index in [2.05, 4.69) is 4.76 Å². The summed E-state index contributed by atoms with van der Waals surface area (Å²) >= 11 is 0. The van der Waals surface area contributed by atoms with Gasteiger partial charge >= 0.3 is 7.32 Å². The van der Waals surface area contributed by atoms with Crippen LogP contribution in [0.15, 0.2) is 0 Å². The summed E-state index contributed by atoms with van der Waals surface area (Å²) in [6.45, 7) is 0. The molecule has 0 saturated heterocycles. The van der Waals surface area contributed by atoms with Gasteiger partial charge in [-0.15, -0.1) is 0 Å². The zero-order valence-electron chi connectivity index (χ0n) is 4.33. The van der Waals surface area contributed by atoms with Crippen LogP contribution in [0.5, 0.6) is 0 Å². The van der Waals surface area contributed by atoms with E-state index in [0.29, 0.717) is 0 Å². The molecule has 0 unspecified atom stereocenters. The molecule has 0 aromatic rings. The van der Waals surface area contributed by atoms with Crippen LogP contribution in [0, 0.1) is 0 Å². The SMILES string of the molecule is CN(C)OB(O)O. The Morgan fingerprint density at radius 2 is 1.86 bits per heavy atom. The minimum Gasteiger partial charge on any atom is -0.401 e. The predicted octanol–water partition coefficient (Wildman–Crippen LogP) is -1.55. The van der Waals surface area contributed by atoms with Gasteiger partial charge in [0.05, 0.1) is 0 Å². The van der Waals surface area contributed by atoms with Crippen LogP contribution >= 0.6 is 0 Å². The molecule has 0 rings (SSSR count). The van der Waals surface area contributed by atoms with Crippen LogP contribution in [0.1, 0.15) is 0 Å². The molecule has 42 valence electrons. The van der Waals surface area contributed by atoms with Crippen molar-refractivity contribution in [2.24, 2.45) is 0 Å². The average Bonchev–Trinajstić information content (AvgIpc) is 1.27. The summed E-state index contributed by atoms with van der Waals surface area (Å²) in [6, 6.07) is 0. The maximum absolute atomic E-state index is 8.01. The minimum atomic E-state index is -1.70. The van der Waals surface area contributed by atoms with Gasteiger partial charge in [0.1, 0.15) is 0 Å². The number of hydroxylamine groups is 2. The molecule has 0 atom stereocenters. The van der Waals surface area contributed by atoms with Gasteiger partial charge in [0.25, 0.3) is 0 Å². The maximum Gasteiger partial charge on any atom is 0.651 e. The normalized spacial score (nSPS) is 9.86. The molecular weight excluding hydrogens is 96.8 g/mol. The van der Waals surface area contributed by atoms with E-state index >= 15 is 0 Å². The minimum absolute atomic E-state index is 1.20. The molecular formula is C2H8BNO3. The van der Waals surface area contributed by atoms with Crippen LogP contribution in [0.3, 0.4) is 0 Å². The summed E-state index contributed by atoms with van der Waals surface area (Å²) in [4.78, 5) is 0. The molecule has 0 fully saturated rings. The Kier molecular flexibility index (Phi) is 2.94. The summed E-state index contributed by atoms with van der Waals surface area (Å²) in [7, 11) is 1.41. The Bertz CT molecular complexity index is 42.2. The van der Waals surface area contributed by atoms with Crippen molar-refractivity contribution < 1.29 is 14.8 Å². The second-order valence-corrected chi connectivity index (χ2v) is 1.24. The largest absolute Gasteiger partial charge is 0.651 e. The molecule has 0 bridgehead atoms. The monoisotopic (exact) mass is 105 g/mol. The number of hydrogen-bond acceptors (Lipinski definition) is 4. The lowest BCUT2D eigenvalue weighted by atomic mass is 10.3. The van der Waals surface area contributed by atoms with Gasteiger partial charge in [0.2, 0.25) is 0 Å². The molecule has 0 aromatic heterocycles. The van der Waals surface area contributed by atoms with Gasteiger partial charge in [-0.05, 0) is 0 Å². The van der Waals surface area contributed by atoms with Crippen LogP contribution in [0.25, 0.3) is 0 Å². The van der Waals surface area contributed by atoms with Crippen LogP contribution < -0.4 is 0 Å². The first-order valence-electron chi connectivity index (χ1n) is 1.83. The topological polar surface area (TPSA) is 52.9 Å². The van der Waals surface area contributed by atoms with Crippen molar-refractivity contribution in [2.75, 3.05) is 14.1 Å². The van der Waals surface area contributed by atoms with Gasteiger partial charge < -0.3 is 10.0 Å². The highest BCUT2D eigenvalue weighted by atomic mass is 16.7. The van der Waals surface area contributed by atoms with E-state index in [4.69, 9.17) is 10.0 Å². The van der Waals surface area contributed by atoms with E-state index in [1.54, 1.807) is 14.1 Å². The average molecular weight is 105 g/mol. The molecule has 0 saturated carbocycles. The quantitative estimate of drug-likeness (QED) is 0.329. The number of hydrogen-bond donors (Lipinski definition) is 2. The second kappa shape index (κ2) is 2.98. The summed E-state index contributed by atoms with van der Waals surface area (Å²) in [5, 5.41) is 17.2. The van der Waals surface area contributed by atoms with Crippen molar-refractivity contribution in [3.05, 3.63) is 0 Å². The van der Waals surface area contributed by atoms with Crippen molar-refractivity contribution in [1.82, 2.24) is 5.06 Å². The first kappa shape index (κ1) is 6.90. The smallest absolute Gasteiger partial charge is 0.401 e. The van der Waals surface area contributed by atoms with E-state index in [-0.39, 0.29) is 0 Å². The number of nitrogens with zero attached hydrogens (tertiary/aromatic N) is 1. The van der Waals surface area contributed by atoms with Gasteiger partial charge in [-0.3, -0.25) is 4.76 Å². The van der Waals surface area contributed by atoms with Gasteiger partial charge in [-0.2, -0.15) is 0 Å². The zero-order valence-corrected chi connectivity index (χ0v) is 4.33. The summed E-state index contributed by atoms with van der Waals surface area (Å²) in [5.74, 6) is 0. The lowest BCUT2D eigenvalue weighted by Gasteiger charge is -2.07. The molecule has 0 radical (unpaired) electrons. The highest BCUT2D eigenvalue weighted by Gasteiger charge is 2.08. The Labute approximate surface area is 42.4 Å². The maximum atomic E-state index is 8.01. The van der Waals surface area contributed by atoms with Crippen molar-refractivity contribution in [3.8, 4) is 0 Å². The standard InChI is InChI=1S/C2H8BNO3/c1-4(2)7-3(5)6/h5-6H,1-2H3. The van der Waals surface area contributed by atoms with Crippen molar-refractivity contribution in [2.45, 2.75) is 0 Å². The van der Waals surface area contributed by atoms with E-state index in [1.807, 2.05) is 0 Å². The molecule has 0 aromatic carbocycles. The highest BCUT2D eigenvalue weighted by Crippen LogP contribution is 1.76. The number of rotatable bonds is 2. The summed E-state index contributed by atoms with van der Waals surface area (Å²) in [6.07, 6.45) is 0. The van der Waals surface area contributed by atoms with Crippen molar-refractivity contribution in [1.29, 1.82) is 0 Å². The van der Waals surface area contributed by atoms with Crippen LogP contribution in [-0.4, -0.2) is 36.5 Å². The third-order valence-electron chi connectivity index (χ3n) is 0.305. The molecule has 0 aliphatic rings. The Morgan fingerprint density at radius 1 is 1.43 bits per heavy atom. The molecule has 4 nitrogen and oxygen atoms in total. The lowest BCUT2D eigenvalue weighted by Crippen LogP contribution is -2.26. The van der Waals surface area contributed by atoms with Gasteiger partial charge in [-0.25, -0.2) is 5.06 Å². The fraction of sp³-hybridized carbons (Fsp3) is 1.00. The van der Waals surface area contributed by atoms with E-state index in [9.17, 15) is 0 Å². The Hall–Kier alpha value is -0.0951. The van der Waals surface area contributed by atoms with Gasteiger partial charge in [0.15, 0.2) is 0 Å². The lowest BCUT2D eigenvalue weighted by molar-refractivity contribution is -0.0489. The Morgan fingerprint density at radius 3 is 1.86 bits per heavy atom. The van der Waals surface area contributed by atoms with Crippen LogP contribution in [0.2, 0.25) is 0 Å². The first-order chi connectivity index (χ1) is 3.13. The third-order valence-corrected chi connectivity index (χ3v) is 0.305. The molecule has 0 spiro atoms. The summed E-state index contributed by atoms with van der Waals surface area (Å²) in [5.41, 5.74) is 0. The molecule has 0 aliphatic carbocycles.